The molecule has 1 saturated heterocycles. The highest BCUT2D eigenvalue weighted by molar-refractivity contribution is 5.06. The first kappa shape index (κ1) is 11.6. The maximum Gasteiger partial charge on any atom is 0.159 e. The highest BCUT2D eigenvalue weighted by Gasteiger charge is 2.21. The molecule has 1 aromatic heterocycles. The molecule has 2 heterocycles. The number of aryl methyl sites for hydroxylation is 1. The monoisotopic (exact) mass is 225 g/mol. The van der Waals surface area contributed by atoms with E-state index < -0.39 is 0 Å². The third-order valence-corrected chi connectivity index (χ3v) is 2.70. The lowest BCUT2D eigenvalue weighted by Gasteiger charge is -2.17. The fourth-order valence-corrected chi connectivity index (χ4v) is 1.93. The smallest absolute Gasteiger partial charge is 0.159 e. The van der Waals surface area contributed by atoms with Crippen LogP contribution in [0.2, 0.25) is 0 Å². The van der Waals surface area contributed by atoms with Gasteiger partial charge in [0.15, 0.2) is 6.29 Å². The summed E-state index contributed by atoms with van der Waals surface area (Å²) in [6.45, 7) is 4.37. The minimum Gasteiger partial charge on any atom is -0.350 e. The van der Waals surface area contributed by atoms with Crippen LogP contribution in [0, 0.1) is 0 Å². The van der Waals surface area contributed by atoms with E-state index in [2.05, 4.69) is 12.0 Å². The van der Waals surface area contributed by atoms with E-state index in [-0.39, 0.29) is 12.3 Å². The van der Waals surface area contributed by atoms with E-state index in [0.29, 0.717) is 19.6 Å². The molecule has 0 radical (unpaired) electrons. The maximum absolute atomic E-state index is 6.13. The second kappa shape index (κ2) is 5.43. The zero-order valence-corrected chi connectivity index (χ0v) is 9.63. The van der Waals surface area contributed by atoms with Crippen LogP contribution in [0.15, 0.2) is 12.3 Å². The summed E-state index contributed by atoms with van der Waals surface area (Å²) in [4.78, 5) is 0. The fourth-order valence-electron chi connectivity index (χ4n) is 1.93. The minimum absolute atomic E-state index is 0.0721. The lowest BCUT2D eigenvalue weighted by atomic mass is 10.1. The van der Waals surface area contributed by atoms with Gasteiger partial charge in [-0.1, -0.05) is 6.92 Å². The summed E-state index contributed by atoms with van der Waals surface area (Å²) < 4.78 is 12.7. The molecule has 0 spiro atoms. The van der Waals surface area contributed by atoms with Gasteiger partial charge >= 0.3 is 0 Å². The SMILES string of the molecule is CCCn1nccc1C(N)CC1OCCO1. The van der Waals surface area contributed by atoms with Crippen molar-refractivity contribution < 1.29 is 9.47 Å². The van der Waals surface area contributed by atoms with Gasteiger partial charge in [0.05, 0.1) is 24.9 Å². The number of rotatable bonds is 5. The highest BCUT2D eigenvalue weighted by atomic mass is 16.7. The molecule has 1 aliphatic rings. The van der Waals surface area contributed by atoms with Gasteiger partial charge in [0.1, 0.15) is 0 Å². The van der Waals surface area contributed by atoms with Crippen LogP contribution in [0.5, 0.6) is 0 Å². The molecular formula is C11H19N3O2. The Morgan fingerprint density at radius 3 is 3.00 bits per heavy atom. The summed E-state index contributed by atoms with van der Waals surface area (Å²) in [6.07, 6.45) is 3.38. The van der Waals surface area contributed by atoms with Crippen LogP contribution < -0.4 is 5.73 Å². The average molecular weight is 225 g/mol. The number of ether oxygens (including phenoxy) is 2. The Balaban J connectivity index is 1.96. The van der Waals surface area contributed by atoms with E-state index in [1.807, 2.05) is 10.7 Å². The molecule has 1 aliphatic heterocycles. The number of aromatic nitrogens is 2. The van der Waals surface area contributed by atoms with Crippen molar-refractivity contribution in [2.24, 2.45) is 5.73 Å². The van der Waals surface area contributed by atoms with Gasteiger partial charge in [0.25, 0.3) is 0 Å². The first-order valence-corrected chi connectivity index (χ1v) is 5.81. The van der Waals surface area contributed by atoms with Crippen LogP contribution in [0.3, 0.4) is 0 Å². The molecular weight excluding hydrogens is 206 g/mol. The van der Waals surface area contributed by atoms with Crippen LogP contribution in [0.1, 0.15) is 31.5 Å². The third-order valence-electron chi connectivity index (χ3n) is 2.70. The molecule has 0 saturated carbocycles. The molecule has 0 amide bonds. The van der Waals surface area contributed by atoms with Gasteiger partial charge in [-0.2, -0.15) is 5.10 Å². The molecule has 2 N–H and O–H groups in total. The van der Waals surface area contributed by atoms with Crippen molar-refractivity contribution in [2.45, 2.75) is 38.6 Å². The molecule has 1 unspecified atom stereocenters. The van der Waals surface area contributed by atoms with E-state index in [0.717, 1.165) is 18.7 Å². The van der Waals surface area contributed by atoms with Crippen molar-refractivity contribution in [3.63, 3.8) is 0 Å². The van der Waals surface area contributed by atoms with Crippen molar-refractivity contribution in [2.75, 3.05) is 13.2 Å². The summed E-state index contributed by atoms with van der Waals surface area (Å²) in [5.41, 5.74) is 7.19. The second-order valence-corrected chi connectivity index (χ2v) is 3.99. The van der Waals surface area contributed by atoms with Crippen LogP contribution in [-0.2, 0) is 16.0 Å². The third kappa shape index (κ3) is 2.61. The largest absolute Gasteiger partial charge is 0.350 e. The van der Waals surface area contributed by atoms with E-state index in [9.17, 15) is 0 Å². The summed E-state index contributed by atoms with van der Waals surface area (Å²) in [7, 11) is 0. The number of hydrogen-bond donors (Lipinski definition) is 1. The molecule has 1 fully saturated rings. The molecule has 0 aliphatic carbocycles. The Morgan fingerprint density at radius 1 is 1.56 bits per heavy atom. The quantitative estimate of drug-likeness (QED) is 0.813. The standard InChI is InChI=1S/C11H19N3O2/c1-2-5-14-10(3-4-13-14)9(12)8-11-15-6-7-16-11/h3-4,9,11H,2,5-8,12H2,1H3. The molecule has 90 valence electrons. The number of hydrogen-bond acceptors (Lipinski definition) is 4. The zero-order valence-electron chi connectivity index (χ0n) is 9.63. The minimum atomic E-state index is -0.153. The van der Waals surface area contributed by atoms with Gasteiger partial charge in [-0.15, -0.1) is 0 Å². The molecule has 0 bridgehead atoms. The lowest BCUT2D eigenvalue weighted by molar-refractivity contribution is -0.0511. The summed E-state index contributed by atoms with van der Waals surface area (Å²) in [5.74, 6) is 0. The van der Waals surface area contributed by atoms with Crippen molar-refractivity contribution in [1.29, 1.82) is 0 Å². The van der Waals surface area contributed by atoms with Gasteiger partial charge in [0, 0.05) is 19.2 Å². The average Bonchev–Trinajstić information content (AvgIpc) is 2.89. The zero-order chi connectivity index (χ0) is 11.4. The van der Waals surface area contributed by atoms with Crippen molar-refractivity contribution in [1.82, 2.24) is 9.78 Å². The molecule has 0 aromatic carbocycles. The molecule has 1 aromatic rings. The summed E-state index contributed by atoms with van der Waals surface area (Å²) in [5, 5.41) is 4.26. The maximum atomic E-state index is 6.13. The molecule has 5 nitrogen and oxygen atoms in total. The van der Waals surface area contributed by atoms with E-state index >= 15 is 0 Å². The first-order valence-electron chi connectivity index (χ1n) is 5.81. The first-order chi connectivity index (χ1) is 7.81. The Hall–Kier alpha value is -0.910. The molecule has 5 heteroatoms. The predicted molar refractivity (Wildman–Crippen MR) is 59.8 cm³/mol. The van der Waals surface area contributed by atoms with Crippen molar-refractivity contribution in [3.8, 4) is 0 Å². The highest BCUT2D eigenvalue weighted by Crippen LogP contribution is 2.20. The molecule has 16 heavy (non-hydrogen) atoms. The Bertz CT molecular complexity index is 321. The van der Waals surface area contributed by atoms with Crippen LogP contribution in [-0.4, -0.2) is 29.3 Å². The fraction of sp³-hybridized carbons (Fsp3) is 0.727. The number of nitrogens with two attached hydrogens (primary N) is 1. The van der Waals surface area contributed by atoms with E-state index in [1.54, 1.807) is 6.20 Å². The van der Waals surface area contributed by atoms with Gasteiger partial charge in [-0.05, 0) is 12.5 Å². The normalized spacial score (nSPS) is 19.1. The Morgan fingerprint density at radius 2 is 2.31 bits per heavy atom. The van der Waals surface area contributed by atoms with Crippen molar-refractivity contribution >= 4 is 0 Å². The summed E-state index contributed by atoms with van der Waals surface area (Å²) >= 11 is 0. The lowest BCUT2D eigenvalue weighted by Crippen LogP contribution is -2.22. The van der Waals surface area contributed by atoms with Gasteiger partial charge < -0.3 is 15.2 Å². The van der Waals surface area contributed by atoms with Crippen LogP contribution in [0.4, 0.5) is 0 Å². The van der Waals surface area contributed by atoms with E-state index in [4.69, 9.17) is 15.2 Å². The predicted octanol–water partition coefficient (Wildman–Crippen LogP) is 1.06. The van der Waals surface area contributed by atoms with Crippen molar-refractivity contribution in [3.05, 3.63) is 18.0 Å². The van der Waals surface area contributed by atoms with Crippen LogP contribution >= 0.6 is 0 Å². The van der Waals surface area contributed by atoms with Gasteiger partial charge in [0.2, 0.25) is 0 Å². The Labute approximate surface area is 95.5 Å². The summed E-state index contributed by atoms with van der Waals surface area (Å²) in [6, 6.07) is 1.90. The second-order valence-electron chi connectivity index (χ2n) is 3.99. The van der Waals surface area contributed by atoms with E-state index in [1.165, 1.54) is 0 Å². The van der Waals surface area contributed by atoms with Gasteiger partial charge in [-0.3, -0.25) is 4.68 Å². The van der Waals surface area contributed by atoms with Gasteiger partial charge in [-0.25, -0.2) is 0 Å². The Kier molecular flexibility index (Phi) is 3.93. The number of nitrogens with zero attached hydrogens (tertiary/aromatic N) is 2. The molecule has 2 rings (SSSR count). The molecule has 1 atom stereocenters. The topological polar surface area (TPSA) is 62.3 Å². The van der Waals surface area contributed by atoms with Crippen LogP contribution in [0.25, 0.3) is 0 Å².